The molecule has 0 saturated heterocycles. The highest BCUT2D eigenvalue weighted by Gasteiger charge is 2.55. The lowest BCUT2D eigenvalue weighted by molar-refractivity contribution is -0.155. The first kappa shape index (κ1) is 15.8. The Morgan fingerprint density at radius 1 is 1.56 bits per heavy atom. The van der Waals surface area contributed by atoms with Crippen LogP contribution in [-0.4, -0.2) is 43.2 Å². The molecule has 1 rings (SSSR count). The van der Waals surface area contributed by atoms with Crippen molar-refractivity contribution in [2.45, 2.75) is 45.4 Å². The Hall–Kier alpha value is -0.260. The molecule has 1 amide bonds. The van der Waals surface area contributed by atoms with E-state index in [2.05, 4.69) is 26.1 Å². The van der Waals surface area contributed by atoms with Crippen molar-refractivity contribution in [1.82, 2.24) is 5.32 Å². The van der Waals surface area contributed by atoms with Crippen LogP contribution >= 0.6 is 11.8 Å². The highest BCUT2D eigenvalue weighted by atomic mass is 32.2. The van der Waals surface area contributed by atoms with Crippen LogP contribution in [0.5, 0.6) is 0 Å². The molecule has 5 heteroatoms. The molecule has 3 N–H and O–H groups in total. The number of hydrogen-bond donors (Lipinski definition) is 2. The third-order valence-electron chi connectivity index (χ3n) is 4.06. The van der Waals surface area contributed by atoms with Crippen molar-refractivity contribution in [1.29, 1.82) is 0 Å². The highest BCUT2D eigenvalue weighted by Crippen LogP contribution is 2.46. The zero-order valence-corrected chi connectivity index (χ0v) is 12.8. The standard InChI is InChI=1S/C13H26N2O2S/c1-8-10(13(2,3)11(8)17-4)15-12(16)9(14)6-7-18-5/h8-11H,6-7,14H2,1-5H3,(H,15,16). The molecule has 4 unspecified atom stereocenters. The van der Waals surface area contributed by atoms with E-state index in [-0.39, 0.29) is 23.5 Å². The van der Waals surface area contributed by atoms with Crippen LogP contribution < -0.4 is 11.1 Å². The summed E-state index contributed by atoms with van der Waals surface area (Å²) in [6.45, 7) is 6.36. The largest absolute Gasteiger partial charge is 0.380 e. The van der Waals surface area contributed by atoms with Crippen LogP contribution in [-0.2, 0) is 9.53 Å². The van der Waals surface area contributed by atoms with Gasteiger partial charge in [0.25, 0.3) is 0 Å². The van der Waals surface area contributed by atoms with Gasteiger partial charge in [-0.3, -0.25) is 4.79 Å². The van der Waals surface area contributed by atoms with Gasteiger partial charge in [0.15, 0.2) is 0 Å². The van der Waals surface area contributed by atoms with E-state index >= 15 is 0 Å². The number of carbonyl (C=O) groups excluding carboxylic acids is 1. The molecule has 0 aliphatic heterocycles. The molecule has 1 saturated carbocycles. The van der Waals surface area contributed by atoms with Gasteiger partial charge in [-0.2, -0.15) is 11.8 Å². The highest BCUT2D eigenvalue weighted by molar-refractivity contribution is 7.98. The minimum Gasteiger partial charge on any atom is -0.380 e. The average Bonchev–Trinajstić information content (AvgIpc) is 2.32. The van der Waals surface area contributed by atoms with Crippen molar-refractivity contribution in [3.8, 4) is 0 Å². The second-order valence-corrected chi connectivity index (χ2v) is 6.70. The molecule has 1 aliphatic rings. The zero-order chi connectivity index (χ0) is 13.9. The number of carbonyl (C=O) groups is 1. The van der Waals surface area contributed by atoms with Crippen LogP contribution in [0.2, 0.25) is 0 Å². The maximum atomic E-state index is 12.0. The van der Waals surface area contributed by atoms with Crippen molar-refractivity contribution in [2.75, 3.05) is 19.1 Å². The number of nitrogens with two attached hydrogens (primary N) is 1. The fourth-order valence-corrected chi connectivity index (χ4v) is 3.55. The Balaban J connectivity index is 2.50. The quantitative estimate of drug-likeness (QED) is 0.765. The lowest BCUT2D eigenvalue weighted by atomic mass is 9.58. The van der Waals surface area contributed by atoms with Gasteiger partial charge < -0.3 is 15.8 Å². The summed E-state index contributed by atoms with van der Waals surface area (Å²) in [5.74, 6) is 1.21. The van der Waals surface area contributed by atoms with Crippen LogP contribution in [0.3, 0.4) is 0 Å². The molecule has 0 heterocycles. The lowest BCUT2D eigenvalue weighted by Crippen LogP contribution is -2.69. The first-order chi connectivity index (χ1) is 8.36. The Morgan fingerprint density at radius 2 is 2.17 bits per heavy atom. The summed E-state index contributed by atoms with van der Waals surface area (Å²) in [5.41, 5.74) is 5.85. The van der Waals surface area contributed by atoms with E-state index in [4.69, 9.17) is 10.5 Å². The predicted molar refractivity (Wildman–Crippen MR) is 76.6 cm³/mol. The SMILES string of the molecule is COC1C(C)C(NC(=O)C(N)CCSC)C1(C)C. The maximum Gasteiger partial charge on any atom is 0.237 e. The second-order valence-electron chi connectivity index (χ2n) is 5.71. The third kappa shape index (κ3) is 3.00. The molecule has 1 fully saturated rings. The monoisotopic (exact) mass is 274 g/mol. The average molecular weight is 274 g/mol. The Labute approximate surface area is 114 Å². The summed E-state index contributed by atoms with van der Waals surface area (Å²) in [7, 11) is 1.73. The fourth-order valence-electron chi connectivity index (χ4n) is 3.06. The van der Waals surface area contributed by atoms with Crippen molar-refractivity contribution in [3.63, 3.8) is 0 Å². The van der Waals surface area contributed by atoms with Gasteiger partial charge in [0.05, 0.1) is 12.1 Å². The van der Waals surface area contributed by atoms with Crippen LogP contribution in [0.15, 0.2) is 0 Å². The Kier molecular flexibility index (Phi) is 5.49. The molecule has 4 nitrogen and oxygen atoms in total. The van der Waals surface area contributed by atoms with Gasteiger partial charge in [0.2, 0.25) is 5.91 Å². The molecule has 0 bridgehead atoms. The molecule has 1 aliphatic carbocycles. The van der Waals surface area contributed by atoms with Crippen molar-refractivity contribution >= 4 is 17.7 Å². The molecule has 106 valence electrons. The maximum absolute atomic E-state index is 12.0. The number of thioether (sulfide) groups is 1. The molecule has 0 radical (unpaired) electrons. The van der Waals surface area contributed by atoms with Gasteiger partial charge in [-0.15, -0.1) is 0 Å². The minimum absolute atomic E-state index is 0.0247. The summed E-state index contributed by atoms with van der Waals surface area (Å²) in [4.78, 5) is 12.0. The van der Waals surface area contributed by atoms with Gasteiger partial charge in [-0.05, 0) is 18.4 Å². The third-order valence-corrected chi connectivity index (χ3v) is 4.70. The van der Waals surface area contributed by atoms with E-state index in [1.165, 1.54) is 0 Å². The van der Waals surface area contributed by atoms with Gasteiger partial charge in [-0.1, -0.05) is 20.8 Å². The molecular weight excluding hydrogens is 248 g/mol. The number of hydrogen-bond acceptors (Lipinski definition) is 4. The number of amides is 1. The second kappa shape index (κ2) is 6.26. The van der Waals surface area contributed by atoms with Gasteiger partial charge in [0, 0.05) is 24.5 Å². The van der Waals surface area contributed by atoms with Crippen LogP contribution in [0.1, 0.15) is 27.2 Å². The van der Waals surface area contributed by atoms with Crippen LogP contribution in [0.4, 0.5) is 0 Å². The summed E-state index contributed by atoms with van der Waals surface area (Å²) < 4.78 is 5.46. The first-order valence-electron chi connectivity index (χ1n) is 6.44. The molecule has 4 atom stereocenters. The number of methoxy groups -OCH3 is 1. The molecule has 0 aromatic rings. The summed E-state index contributed by atoms with van der Waals surface area (Å²) in [6.07, 6.45) is 2.94. The predicted octanol–water partition coefficient (Wildman–Crippen LogP) is 1.24. The van der Waals surface area contributed by atoms with Gasteiger partial charge >= 0.3 is 0 Å². The van der Waals surface area contributed by atoms with E-state index in [1.807, 2.05) is 6.26 Å². The van der Waals surface area contributed by atoms with Gasteiger partial charge in [0.1, 0.15) is 0 Å². The molecule has 0 spiro atoms. The van der Waals surface area contributed by atoms with E-state index < -0.39 is 6.04 Å². The molecule has 18 heavy (non-hydrogen) atoms. The molecule has 0 aromatic heterocycles. The van der Waals surface area contributed by atoms with E-state index in [0.717, 1.165) is 12.2 Å². The first-order valence-corrected chi connectivity index (χ1v) is 7.83. The normalized spacial score (nSPS) is 31.6. The smallest absolute Gasteiger partial charge is 0.237 e. The number of ether oxygens (including phenoxy) is 1. The van der Waals surface area contributed by atoms with Crippen molar-refractivity contribution < 1.29 is 9.53 Å². The summed E-state index contributed by atoms with van der Waals surface area (Å²) in [6, 6.07) is -0.252. The van der Waals surface area contributed by atoms with E-state index in [1.54, 1.807) is 18.9 Å². The molecular formula is C13H26N2O2S. The number of nitrogens with one attached hydrogen (secondary N) is 1. The number of rotatable bonds is 6. The van der Waals surface area contributed by atoms with Crippen LogP contribution in [0, 0.1) is 11.3 Å². The topological polar surface area (TPSA) is 64.3 Å². The fraction of sp³-hybridized carbons (Fsp3) is 0.923. The Bertz CT molecular complexity index is 297. The van der Waals surface area contributed by atoms with Crippen molar-refractivity contribution in [2.24, 2.45) is 17.1 Å². The zero-order valence-electron chi connectivity index (χ0n) is 12.0. The minimum atomic E-state index is -0.401. The lowest BCUT2D eigenvalue weighted by Gasteiger charge is -2.56. The van der Waals surface area contributed by atoms with Gasteiger partial charge in [-0.25, -0.2) is 0 Å². The summed E-state index contributed by atoms with van der Waals surface area (Å²) in [5, 5.41) is 3.08. The Morgan fingerprint density at radius 3 is 2.61 bits per heavy atom. The van der Waals surface area contributed by atoms with E-state index in [9.17, 15) is 4.79 Å². The summed E-state index contributed by atoms with van der Waals surface area (Å²) >= 11 is 1.71. The van der Waals surface area contributed by atoms with E-state index in [0.29, 0.717) is 5.92 Å². The molecule has 0 aromatic carbocycles. The van der Waals surface area contributed by atoms with Crippen LogP contribution in [0.25, 0.3) is 0 Å². The van der Waals surface area contributed by atoms with Crippen molar-refractivity contribution in [3.05, 3.63) is 0 Å².